The van der Waals surface area contributed by atoms with Crippen LogP contribution in [0.15, 0.2) is 115 Å². The lowest BCUT2D eigenvalue weighted by atomic mass is 10.0. The van der Waals surface area contributed by atoms with Gasteiger partial charge in [0.2, 0.25) is 0 Å². The zero-order valence-electron chi connectivity index (χ0n) is 19.1. The minimum absolute atomic E-state index is 0.943. The maximum atomic E-state index is 4.52. The summed E-state index contributed by atoms with van der Waals surface area (Å²) in [6.07, 6.45) is 23.6. The lowest BCUT2D eigenvalue weighted by Crippen LogP contribution is -2.25. The van der Waals surface area contributed by atoms with Gasteiger partial charge in [-0.25, -0.2) is 0 Å². The summed E-state index contributed by atoms with van der Waals surface area (Å²) in [6, 6.07) is 16.9. The average molecular weight is 444 g/mol. The Labute approximate surface area is 199 Å². The highest BCUT2D eigenvalue weighted by Crippen LogP contribution is 2.22. The molecule has 0 fully saturated rings. The monoisotopic (exact) mass is 443 g/mol. The third-order valence-corrected chi connectivity index (χ3v) is 6.68. The Morgan fingerprint density at radius 2 is 1.35 bits per heavy atom. The summed E-state index contributed by atoms with van der Waals surface area (Å²) in [7, 11) is 0. The molecule has 4 heterocycles. The van der Waals surface area contributed by atoms with Crippen molar-refractivity contribution in [1.29, 1.82) is 0 Å². The van der Waals surface area contributed by atoms with Crippen LogP contribution in [0, 0.1) is 0 Å². The summed E-state index contributed by atoms with van der Waals surface area (Å²) in [5, 5.41) is 3.67. The minimum Gasteiger partial charge on any atom is -0.361 e. The molecule has 1 aromatic heterocycles. The molecular formula is C30H27N4+. The van der Waals surface area contributed by atoms with E-state index in [1.807, 2.05) is 12.3 Å². The Balaban J connectivity index is 1.05. The normalized spacial score (nSPS) is 16.2. The number of fused-ring (bicyclic) bond motifs is 2. The van der Waals surface area contributed by atoms with Crippen molar-refractivity contribution in [3.63, 3.8) is 0 Å². The molecule has 0 radical (unpaired) electrons. The van der Waals surface area contributed by atoms with Gasteiger partial charge >= 0.3 is 5.36 Å². The first-order valence-corrected chi connectivity index (χ1v) is 11.9. The second-order valence-electron chi connectivity index (χ2n) is 8.81. The van der Waals surface area contributed by atoms with Gasteiger partial charge < -0.3 is 14.8 Å². The van der Waals surface area contributed by atoms with E-state index in [2.05, 4.69) is 117 Å². The fraction of sp³-hybridized carbons (Fsp3) is 0.133. The molecule has 34 heavy (non-hydrogen) atoms. The van der Waals surface area contributed by atoms with Crippen LogP contribution in [-0.2, 0) is 6.42 Å². The fourth-order valence-corrected chi connectivity index (χ4v) is 4.71. The topological polar surface area (TPSA) is 36.4 Å². The van der Waals surface area contributed by atoms with E-state index in [0.717, 1.165) is 31.3 Å². The van der Waals surface area contributed by atoms with E-state index in [-0.39, 0.29) is 0 Å². The van der Waals surface area contributed by atoms with Crippen molar-refractivity contribution in [2.75, 3.05) is 13.1 Å². The largest absolute Gasteiger partial charge is 0.361 e. The second-order valence-corrected chi connectivity index (χ2v) is 8.81. The molecule has 166 valence electrons. The first kappa shape index (κ1) is 20.3. The number of hydrogen-bond acceptors (Lipinski definition) is 2. The average Bonchev–Trinajstić information content (AvgIpc) is 3.51. The molecule has 2 aromatic carbocycles. The highest BCUT2D eigenvalue weighted by Gasteiger charge is 2.13. The van der Waals surface area contributed by atoms with Crippen LogP contribution in [0.5, 0.6) is 0 Å². The van der Waals surface area contributed by atoms with E-state index in [1.165, 1.54) is 38.4 Å². The van der Waals surface area contributed by atoms with Gasteiger partial charge in [0.15, 0.2) is 0 Å². The molecule has 0 aliphatic carbocycles. The third kappa shape index (κ3) is 4.07. The standard InChI is InChI=1S/C30H27N4/c1-3-7-29-27(5-1)25(21-31-29)13-19-33-15-9-23(10-16-33)24-11-17-34(18-12-24)20-14-26-22-32-30-8-4-2-6-28(26)30/h1-12,15-18,21-22,31H,13-14,19-20H2/q+1. The van der Waals surface area contributed by atoms with Crippen LogP contribution in [-0.4, -0.2) is 34.1 Å². The van der Waals surface area contributed by atoms with Gasteiger partial charge in [0, 0.05) is 61.1 Å². The predicted molar refractivity (Wildman–Crippen MR) is 140 cm³/mol. The highest BCUT2D eigenvalue weighted by atomic mass is 15.1. The summed E-state index contributed by atoms with van der Waals surface area (Å²) >= 11 is 0. The molecule has 0 atom stereocenters. The first-order chi connectivity index (χ1) is 16.8. The van der Waals surface area contributed by atoms with E-state index in [0.29, 0.717) is 0 Å². The number of nitrogens with one attached hydrogen (secondary N) is 1. The van der Waals surface area contributed by atoms with Gasteiger partial charge in [0.1, 0.15) is 0 Å². The third-order valence-electron chi connectivity index (χ3n) is 6.68. The smallest absolute Gasteiger partial charge is 0.334 e. The summed E-state index contributed by atoms with van der Waals surface area (Å²) in [5.74, 6) is 0. The van der Waals surface area contributed by atoms with E-state index in [9.17, 15) is 0 Å². The molecule has 1 N–H and O–H groups in total. The molecular weight excluding hydrogens is 416 g/mol. The van der Waals surface area contributed by atoms with Gasteiger partial charge in [0.05, 0.1) is 10.8 Å². The van der Waals surface area contributed by atoms with Crippen molar-refractivity contribution in [2.24, 2.45) is 0 Å². The number of aromatic amines is 1. The number of para-hydroxylation sites is 2. The molecule has 0 saturated heterocycles. The van der Waals surface area contributed by atoms with Gasteiger partial charge in [0.25, 0.3) is 6.21 Å². The van der Waals surface area contributed by atoms with Crippen molar-refractivity contribution < 1.29 is 0 Å². The number of allylic oxidation sites excluding steroid dienone is 6. The van der Waals surface area contributed by atoms with Crippen molar-refractivity contribution >= 4 is 22.7 Å². The van der Waals surface area contributed by atoms with Gasteiger partial charge in [-0.3, -0.25) is 0 Å². The van der Waals surface area contributed by atoms with Crippen LogP contribution in [0.4, 0.5) is 0 Å². The van der Waals surface area contributed by atoms with E-state index in [1.54, 1.807) is 0 Å². The Hall–Kier alpha value is -4.27. The highest BCUT2D eigenvalue weighted by molar-refractivity contribution is 6.02. The number of aromatic nitrogens is 1. The van der Waals surface area contributed by atoms with Crippen molar-refractivity contribution in [2.45, 2.75) is 12.8 Å². The molecule has 6 rings (SSSR count). The number of benzene rings is 2. The number of rotatable bonds is 6. The molecule has 4 heteroatoms. The maximum Gasteiger partial charge on any atom is 0.334 e. The Morgan fingerprint density at radius 3 is 2.12 bits per heavy atom. The Morgan fingerprint density at radius 1 is 0.706 bits per heavy atom. The van der Waals surface area contributed by atoms with Gasteiger partial charge in [-0.2, -0.15) is 0 Å². The zero-order chi connectivity index (χ0) is 22.7. The van der Waals surface area contributed by atoms with Crippen LogP contribution >= 0.6 is 0 Å². The summed E-state index contributed by atoms with van der Waals surface area (Å²) in [4.78, 5) is 7.87. The molecule has 0 spiro atoms. The molecule has 3 aromatic rings. The summed E-state index contributed by atoms with van der Waals surface area (Å²) < 4.78 is 4.52. The quantitative estimate of drug-likeness (QED) is 0.590. The summed E-state index contributed by atoms with van der Waals surface area (Å²) in [5.41, 5.74) is 6.36. The SMILES string of the molecule is C1=CN(CCC2=c3ccccc3=[N+]=C2)C=CC1=C1C=CN(CCc2c[nH]c3ccccc23)C=C1. The molecule has 4 nitrogen and oxygen atoms in total. The van der Waals surface area contributed by atoms with Crippen molar-refractivity contribution in [3.8, 4) is 0 Å². The number of H-pyrrole nitrogens is 1. The van der Waals surface area contributed by atoms with Gasteiger partial charge in [-0.1, -0.05) is 35.0 Å². The summed E-state index contributed by atoms with van der Waals surface area (Å²) in [6.45, 7) is 1.90. The van der Waals surface area contributed by atoms with Crippen LogP contribution in [0.25, 0.3) is 16.5 Å². The van der Waals surface area contributed by atoms with Crippen molar-refractivity contribution in [1.82, 2.24) is 19.5 Å². The van der Waals surface area contributed by atoms with Gasteiger partial charge in [-0.15, -0.1) is 0 Å². The number of hydrogen-bond donors (Lipinski definition) is 1. The van der Waals surface area contributed by atoms with E-state index in [4.69, 9.17) is 0 Å². The fourth-order valence-electron chi connectivity index (χ4n) is 4.71. The van der Waals surface area contributed by atoms with Crippen molar-refractivity contribution in [3.05, 3.63) is 131 Å². The van der Waals surface area contributed by atoms with Crippen LogP contribution in [0.1, 0.15) is 12.0 Å². The maximum absolute atomic E-state index is 4.52. The molecule has 0 amide bonds. The minimum atomic E-state index is 0.943. The van der Waals surface area contributed by atoms with Gasteiger partial charge in [-0.05, 0) is 66.0 Å². The predicted octanol–water partition coefficient (Wildman–Crippen LogP) is 3.71. The zero-order valence-corrected chi connectivity index (χ0v) is 19.1. The molecule has 0 saturated carbocycles. The first-order valence-electron chi connectivity index (χ1n) is 11.9. The molecule has 0 unspecified atom stereocenters. The lowest BCUT2D eigenvalue weighted by Gasteiger charge is -2.21. The Bertz CT molecular complexity index is 1520. The van der Waals surface area contributed by atoms with Crippen LogP contribution in [0.2, 0.25) is 0 Å². The molecule has 3 aliphatic rings. The Kier molecular flexibility index (Phi) is 5.35. The van der Waals surface area contributed by atoms with Crippen LogP contribution < -0.4 is 15.2 Å². The van der Waals surface area contributed by atoms with Crippen LogP contribution in [0.3, 0.4) is 0 Å². The lowest BCUT2D eigenvalue weighted by molar-refractivity contribution is 0.505. The molecule has 0 bridgehead atoms. The van der Waals surface area contributed by atoms with E-state index < -0.39 is 0 Å². The van der Waals surface area contributed by atoms with E-state index >= 15 is 0 Å². The molecule has 3 aliphatic heterocycles. The number of nitrogens with zero attached hydrogens (tertiary/aromatic N) is 3. The second kappa shape index (κ2) is 8.93.